The van der Waals surface area contributed by atoms with Crippen LogP contribution in [0, 0.1) is 0 Å². The second-order valence-corrected chi connectivity index (χ2v) is 4.55. The van der Waals surface area contributed by atoms with Gasteiger partial charge in [0.25, 0.3) is 0 Å². The third-order valence-electron chi connectivity index (χ3n) is 3.29. The topological polar surface area (TPSA) is 43.4 Å². The van der Waals surface area contributed by atoms with Crippen LogP contribution in [0.3, 0.4) is 0 Å². The average molecular weight is 256 g/mol. The van der Waals surface area contributed by atoms with E-state index in [1.54, 1.807) is 14.2 Å². The number of fused-ring (bicyclic) bond motifs is 1. The van der Waals surface area contributed by atoms with Gasteiger partial charge in [0.05, 0.1) is 14.2 Å². The molecule has 19 heavy (non-hydrogen) atoms. The molecule has 1 aromatic heterocycles. The molecule has 98 valence electrons. The van der Waals surface area contributed by atoms with E-state index in [4.69, 9.17) is 9.47 Å². The minimum atomic E-state index is 0.680. The molecule has 1 aliphatic carbocycles. The summed E-state index contributed by atoms with van der Waals surface area (Å²) in [6, 6.07) is 7.92. The van der Waals surface area contributed by atoms with E-state index >= 15 is 0 Å². The van der Waals surface area contributed by atoms with E-state index in [2.05, 4.69) is 16.4 Å². The zero-order valence-electron chi connectivity index (χ0n) is 11.1. The summed E-state index contributed by atoms with van der Waals surface area (Å²) in [5.41, 5.74) is 3.82. The Kier molecular flexibility index (Phi) is 2.99. The van der Waals surface area contributed by atoms with Gasteiger partial charge in [-0.1, -0.05) is 0 Å². The molecule has 1 aliphatic rings. The summed E-state index contributed by atoms with van der Waals surface area (Å²) in [6.07, 6.45) is 3.02. The maximum atomic E-state index is 5.37. The first-order valence-electron chi connectivity index (χ1n) is 6.22. The highest BCUT2D eigenvalue weighted by Crippen LogP contribution is 2.29. The Balaban J connectivity index is 1.72. The highest BCUT2D eigenvalue weighted by atomic mass is 16.5. The molecule has 4 heteroatoms. The number of hydrogen-bond donors (Lipinski definition) is 1. The lowest BCUT2D eigenvalue weighted by molar-refractivity contribution is 0.391. The van der Waals surface area contributed by atoms with Crippen molar-refractivity contribution in [1.29, 1.82) is 0 Å². The van der Waals surface area contributed by atoms with Crippen molar-refractivity contribution >= 4 is 5.82 Å². The molecule has 0 amide bonds. The van der Waals surface area contributed by atoms with Crippen LogP contribution in [0.25, 0.3) is 0 Å². The fourth-order valence-electron chi connectivity index (χ4n) is 2.06. The molecule has 3 rings (SSSR count). The van der Waals surface area contributed by atoms with Gasteiger partial charge in [0.1, 0.15) is 17.3 Å². The molecular formula is C15H16N2O2. The van der Waals surface area contributed by atoms with Crippen LogP contribution in [0.1, 0.15) is 16.7 Å². The predicted octanol–water partition coefficient (Wildman–Crippen LogP) is 2.62. The lowest BCUT2D eigenvalue weighted by Crippen LogP contribution is -2.03. The molecule has 0 unspecified atom stereocenters. The van der Waals surface area contributed by atoms with Gasteiger partial charge in [-0.3, -0.25) is 0 Å². The monoisotopic (exact) mass is 256 g/mol. The highest BCUT2D eigenvalue weighted by Gasteiger charge is 2.17. The summed E-state index contributed by atoms with van der Waals surface area (Å²) < 4.78 is 10.6. The van der Waals surface area contributed by atoms with Gasteiger partial charge in [-0.05, 0) is 35.7 Å². The quantitative estimate of drug-likeness (QED) is 0.762. The summed E-state index contributed by atoms with van der Waals surface area (Å²) >= 11 is 0. The first-order chi connectivity index (χ1) is 9.30. The Labute approximate surface area is 112 Å². The van der Waals surface area contributed by atoms with E-state index < -0.39 is 0 Å². The number of pyridine rings is 1. The first kappa shape index (κ1) is 11.8. The SMILES string of the molecule is COc1ccc(CNc2cc3c(cn2)C3)c(OC)c1. The smallest absolute Gasteiger partial charge is 0.127 e. The van der Waals surface area contributed by atoms with Gasteiger partial charge in [-0.25, -0.2) is 4.98 Å². The predicted molar refractivity (Wildman–Crippen MR) is 73.9 cm³/mol. The molecule has 0 saturated carbocycles. The molecule has 1 aromatic carbocycles. The zero-order chi connectivity index (χ0) is 13.2. The molecule has 0 bridgehead atoms. The van der Waals surface area contributed by atoms with Crippen molar-refractivity contribution in [1.82, 2.24) is 4.98 Å². The standard InChI is InChI=1S/C15H16N2O2/c1-18-13-4-3-10(14(7-13)19-2)8-16-15-6-11-5-12(11)9-17-15/h3-4,6-7,9H,5,8H2,1-2H3,(H,16,17). The van der Waals surface area contributed by atoms with Crippen LogP contribution in [0.5, 0.6) is 11.5 Å². The van der Waals surface area contributed by atoms with Gasteiger partial charge in [0.15, 0.2) is 0 Å². The van der Waals surface area contributed by atoms with Crippen LogP contribution in [0.2, 0.25) is 0 Å². The van der Waals surface area contributed by atoms with Crippen molar-refractivity contribution in [2.45, 2.75) is 13.0 Å². The van der Waals surface area contributed by atoms with Crippen LogP contribution < -0.4 is 14.8 Å². The zero-order valence-corrected chi connectivity index (χ0v) is 11.1. The third kappa shape index (κ3) is 2.47. The summed E-state index contributed by atoms with van der Waals surface area (Å²) in [6.45, 7) is 0.680. The summed E-state index contributed by atoms with van der Waals surface area (Å²) in [5.74, 6) is 2.52. The van der Waals surface area contributed by atoms with E-state index in [9.17, 15) is 0 Å². The van der Waals surface area contributed by atoms with E-state index in [1.807, 2.05) is 24.4 Å². The van der Waals surface area contributed by atoms with E-state index in [1.165, 1.54) is 11.1 Å². The molecule has 2 aromatic rings. The lowest BCUT2D eigenvalue weighted by atomic mass is 10.2. The van der Waals surface area contributed by atoms with E-state index in [0.29, 0.717) is 6.54 Å². The molecule has 0 radical (unpaired) electrons. The maximum Gasteiger partial charge on any atom is 0.127 e. The number of ether oxygens (including phenoxy) is 2. The van der Waals surface area contributed by atoms with Crippen molar-refractivity contribution in [3.05, 3.63) is 47.2 Å². The molecule has 1 heterocycles. The highest BCUT2D eigenvalue weighted by molar-refractivity contribution is 5.52. The molecule has 0 saturated heterocycles. The number of aromatic nitrogens is 1. The number of anilines is 1. The molecular weight excluding hydrogens is 240 g/mol. The molecule has 0 aliphatic heterocycles. The number of nitrogens with one attached hydrogen (secondary N) is 1. The average Bonchev–Trinajstić information content (AvgIpc) is 3.23. The van der Waals surface area contributed by atoms with Gasteiger partial charge in [0.2, 0.25) is 0 Å². The summed E-state index contributed by atoms with van der Waals surface area (Å²) in [5, 5.41) is 3.32. The van der Waals surface area contributed by atoms with Crippen molar-refractivity contribution < 1.29 is 9.47 Å². The van der Waals surface area contributed by atoms with Gasteiger partial charge >= 0.3 is 0 Å². The molecule has 1 N–H and O–H groups in total. The maximum absolute atomic E-state index is 5.37. The molecule has 0 spiro atoms. The third-order valence-corrected chi connectivity index (χ3v) is 3.29. The summed E-state index contributed by atoms with van der Waals surface area (Å²) in [4.78, 5) is 4.36. The Morgan fingerprint density at radius 3 is 2.79 bits per heavy atom. The summed E-state index contributed by atoms with van der Waals surface area (Å²) in [7, 11) is 3.31. The second kappa shape index (κ2) is 4.80. The molecule has 0 fully saturated rings. The van der Waals surface area contributed by atoms with Gasteiger partial charge in [0, 0.05) is 24.4 Å². The van der Waals surface area contributed by atoms with Crippen molar-refractivity contribution in [2.75, 3.05) is 19.5 Å². The minimum absolute atomic E-state index is 0.680. The number of nitrogens with zero attached hydrogens (tertiary/aromatic N) is 1. The van der Waals surface area contributed by atoms with Crippen LogP contribution in [0.4, 0.5) is 5.82 Å². The Hall–Kier alpha value is -2.23. The van der Waals surface area contributed by atoms with Crippen molar-refractivity contribution in [3.63, 3.8) is 0 Å². The fraction of sp³-hybridized carbons (Fsp3) is 0.267. The number of hydrogen-bond acceptors (Lipinski definition) is 4. The number of methoxy groups -OCH3 is 2. The largest absolute Gasteiger partial charge is 0.497 e. The second-order valence-electron chi connectivity index (χ2n) is 4.55. The number of benzene rings is 1. The normalized spacial score (nSPS) is 11.7. The first-order valence-corrected chi connectivity index (χ1v) is 6.22. The van der Waals surface area contributed by atoms with Crippen molar-refractivity contribution in [2.24, 2.45) is 0 Å². The van der Waals surface area contributed by atoms with Crippen LogP contribution in [0.15, 0.2) is 30.5 Å². The Morgan fingerprint density at radius 2 is 2.05 bits per heavy atom. The Morgan fingerprint density at radius 1 is 1.16 bits per heavy atom. The minimum Gasteiger partial charge on any atom is -0.497 e. The Bertz CT molecular complexity index is 611. The lowest BCUT2D eigenvalue weighted by Gasteiger charge is -2.11. The fourth-order valence-corrected chi connectivity index (χ4v) is 2.06. The van der Waals surface area contributed by atoms with Crippen molar-refractivity contribution in [3.8, 4) is 11.5 Å². The number of rotatable bonds is 5. The van der Waals surface area contributed by atoms with Gasteiger partial charge in [-0.2, -0.15) is 0 Å². The van der Waals surface area contributed by atoms with Crippen LogP contribution >= 0.6 is 0 Å². The van der Waals surface area contributed by atoms with E-state index in [-0.39, 0.29) is 0 Å². The molecule has 4 nitrogen and oxygen atoms in total. The van der Waals surface area contributed by atoms with E-state index in [0.717, 1.165) is 29.3 Å². The molecule has 0 atom stereocenters. The van der Waals surface area contributed by atoms with Crippen LogP contribution in [-0.2, 0) is 13.0 Å². The van der Waals surface area contributed by atoms with Gasteiger partial charge < -0.3 is 14.8 Å². The van der Waals surface area contributed by atoms with Gasteiger partial charge in [-0.15, -0.1) is 0 Å². The van der Waals surface area contributed by atoms with Crippen LogP contribution in [-0.4, -0.2) is 19.2 Å².